The summed E-state index contributed by atoms with van der Waals surface area (Å²) in [5, 5.41) is 17.1. The highest BCUT2D eigenvalue weighted by molar-refractivity contribution is 5.21. The molecule has 0 N–H and O–H groups in total. The van der Waals surface area contributed by atoms with E-state index in [0.29, 0.717) is 18.4 Å². The van der Waals surface area contributed by atoms with Gasteiger partial charge in [-0.1, -0.05) is 5.21 Å². The van der Waals surface area contributed by atoms with Gasteiger partial charge in [-0.25, -0.2) is 4.68 Å². The summed E-state index contributed by atoms with van der Waals surface area (Å²) in [6.45, 7) is 1.56. The molecule has 1 aliphatic carbocycles. The van der Waals surface area contributed by atoms with Crippen LogP contribution in [0.5, 0.6) is 0 Å². The lowest BCUT2D eigenvalue weighted by molar-refractivity contribution is 0.193. The number of aromatic nitrogens is 3. The minimum Gasteiger partial charge on any atom is -0.381 e. The Morgan fingerprint density at radius 2 is 2.31 bits per heavy atom. The van der Waals surface area contributed by atoms with Crippen molar-refractivity contribution in [3.05, 3.63) is 11.4 Å². The van der Waals surface area contributed by atoms with Gasteiger partial charge in [0.25, 0.3) is 0 Å². The summed E-state index contributed by atoms with van der Waals surface area (Å²) in [6.07, 6.45) is 3.77. The van der Waals surface area contributed by atoms with Crippen LogP contribution in [-0.4, -0.2) is 28.2 Å². The van der Waals surface area contributed by atoms with Gasteiger partial charge in [-0.15, -0.1) is 5.10 Å². The third-order valence-corrected chi connectivity index (χ3v) is 3.26. The molecule has 1 saturated heterocycles. The van der Waals surface area contributed by atoms with Gasteiger partial charge in [-0.3, -0.25) is 0 Å². The Morgan fingerprint density at radius 3 is 2.94 bits per heavy atom. The fourth-order valence-corrected chi connectivity index (χ4v) is 2.30. The van der Waals surface area contributed by atoms with Crippen LogP contribution < -0.4 is 0 Å². The molecule has 0 amide bonds. The zero-order valence-electron chi connectivity index (χ0n) is 9.09. The first-order valence-corrected chi connectivity index (χ1v) is 5.79. The van der Waals surface area contributed by atoms with Gasteiger partial charge in [-0.05, 0) is 19.3 Å². The summed E-state index contributed by atoms with van der Waals surface area (Å²) in [7, 11) is 0. The summed E-state index contributed by atoms with van der Waals surface area (Å²) < 4.78 is 7.45. The average Bonchev–Trinajstić information content (AvgIpc) is 2.84. The summed E-state index contributed by atoms with van der Waals surface area (Å²) in [5.41, 5.74) is 2.01. The second-order valence-corrected chi connectivity index (χ2v) is 4.49. The van der Waals surface area contributed by atoms with E-state index in [1.165, 1.54) is 12.8 Å². The molecule has 16 heavy (non-hydrogen) atoms. The molecule has 0 aromatic carbocycles. The maximum Gasteiger partial charge on any atom is 0.100 e. The molecule has 5 nitrogen and oxygen atoms in total. The van der Waals surface area contributed by atoms with Gasteiger partial charge in [0.15, 0.2) is 0 Å². The van der Waals surface area contributed by atoms with E-state index in [2.05, 4.69) is 16.4 Å². The Kier molecular flexibility index (Phi) is 2.37. The highest BCUT2D eigenvalue weighted by Crippen LogP contribution is 2.38. The van der Waals surface area contributed by atoms with E-state index in [0.717, 1.165) is 31.0 Å². The van der Waals surface area contributed by atoms with Crippen LogP contribution in [0.15, 0.2) is 0 Å². The zero-order chi connectivity index (χ0) is 11.0. The second-order valence-electron chi connectivity index (χ2n) is 4.49. The topological polar surface area (TPSA) is 63.7 Å². The maximum atomic E-state index is 8.79. The monoisotopic (exact) mass is 218 g/mol. The third kappa shape index (κ3) is 1.59. The third-order valence-electron chi connectivity index (χ3n) is 3.26. The lowest BCUT2D eigenvalue weighted by Gasteiger charge is -2.11. The Balaban J connectivity index is 1.96. The summed E-state index contributed by atoms with van der Waals surface area (Å²) in [6, 6.07) is 2.69. The SMILES string of the molecule is N#CCc1nnn(C2CC2)c1C1CCOC1. The van der Waals surface area contributed by atoms with Crippen LogP contribution in [0.1, 0.15) is 42.6 Å². The van der Waals surface area contributed by atoms with Gasteiger partial charge in [0, 0.05) is 12.5 Å². The number of nitrogens with zero attached hydrogens (tertiary/aromatic N) is 4. The van der Waals surface area contributed by atoms with Crippen molar-refractivity contribution < 1.29 is 4.74 Å². The fourth-order valence-electron chi connectivity index (χ4n) is 2.30. The van der Waals surface area contributed by atoms with Crippen molar-refractivity contribution >= 4 is 0 Å². The highest BCUT2D eigenvalue weighted by Gasteiger charge is 2.33. The number of ether oxygens (including phenoxy) is 1. The van der Waals surface area contributed by atoms with Gasteiger partial charge in [-0.2, -0.15) is 5.26 Å². The van der Waals surface area contributed by atoms with E-state index in [1.54, 1.807) is 0 Å². The van der Waals surface area contributed by atoms with Gasteiger partial charge in [0.2, 0.25) is 0 Å². The molecule has 1 saturated carbocycles. The van der Waals surface area contributed by atoms with Crippen LogP contribution in [0.4, 0.5) is 0 Å². The molecule has 2 fully saturated rings. The van der Waals surface area contributed by atoms with Crippen molar-refractivity contribution in [3.63, 3.8) is 0 Å². The molecule has 1 aliphatic heterocycles. The van der Waals surface area contributed by atoms with E-state index in [1.807, 2.05) is 4.68 Å². The molecule has 5 heteroatoms. The molecule has 2 heterocycles. The highest BCUT2D eigenvalue weighted by atomic mass is 16.5. The second kappa shape index (κ2) is 3.87. The standard InChI is InChI=1S/C11H14N4O/c12-5-3-10-11(8-4-6-16-7-8)15(14-13-10)9-1-2-9/h8-9H,1-4,6-7H2. The van der Waals surface area contributed by atoms with Crippen molar-refractivity contribution in [3.8, 4) is 6.07 Å². The van der Waals surface area contributed by atoms with Crippen LogP contribution in [0.2, 0.25) is 0 Å². The Labute approximate surface area is 94.0 Å². The van der Waals surface area contributed by atoms with Crippen LogP contribution in [0.25, 0.3) is 0 Å². The Hall–Kier alpha value is -1.41. The minimum absolute atomic E-state index is 0.360. The van der Waals surface area contributed by atoms with Crippen LogP contribution in [0.3, 0.4) is 0 Å². The zero-order valence-corrected chi connectivity index (χ0v) is 9.09. The Bertz CT molecular complexity index is 424. The van der Waals surface area contributed by atoms with E-state index in [-0.39, 0.29) is 0 Å². The van der Waals surface area contributed by atoms with Crippen molar-refractivity contribution in [1.29, 1.82) is 5.26 Å². The lowest BCUT2D eigenvalue weighted by atomic mass is 10.0. The van der Waals surface area contributed by atoms with E-state index in [9.17, 15) is 0 Å². The van der Waals surface area contributed by atoms with Gasteiger partial charge < -0.3 is 4.74 Å². The molecular formula is C11H14N4O. The average molecular weight is 218 g/mol. The van der Waals surface area contributed by atoms with Crippen molar-refractivity contribution in [1.82, 2.24) is 15.0 Å². The smallest absolute Gasteiger partial charge is 0.100 e. The molecule has 1 aromatic rings. The summed E-state index contributed by atoms with van der Waals surface area (Å²) in [4.78, 5) is 0. The van der Waals surface area contributed by atoms with Gasteiger partial charge in [0.05, 0.1) is 30.8 Å². The molecule has 1 aromatic heterocycles. The molecule has 84 valence electrons. The lowest BCUT2D eigenvalue weighted by Crippen LogP contribution is -2.10. The molecule has 0 spiro atoms. The molecule has 0 radical (unpaired) electrons. The fraction of sp³-hybridized carbons (Fsp3) is 0.727. The van der Waals surface area contributed by atoms with Crippen LogP contribution in [-0.2, 0) is 11.2 Å². The number of hydrogen-bond donors (Lipinski definition) is 0. The molecule has 1 atom stereocenters. The number of nitriles is 1. The predicted octanol–water partition coefficient (Wildman–Crippen LogP) is 1.18. The van der Waals surface area contributed by atoms with Gasteiger partial charge in [0.1, 0.15) is 5.69 Å². The Morgan fingerprint density at radius 1 is 1.44 bits per heavy atom. The molecule has 2 aliphatic rings. The first kappa shape index (κ1) is 9.79. The predicted molar refractivity (Wildman–Crippen MR) is 55.8 cm³/mol. The quantitative estimate of drug-likeness (QED) is 0.764. The van der Waals surface area contributed by atoms with Crippen LogP contribution >= 0.6 is 0 Å². The molecular weight excluding hydrogens is 204 g/mol. The normalized spacial score (nSPS) is 24.6. The maximum absolute atomic E-state index is 8.79. The van der Waals surface area contributed by atoms with Crippen LogP contribution in [0, 0.1) is 11.3 Å². The van der Waals surface area contributed by atoms with E-state index >= 15 is 0 Å². The molecule has 0 bridgehead atoms. The van der Waals surface area contributed by atoms with Gasteiger partial charge >= 0.3 is 0 Å². The van der Waals surface area contributed by atoms with E-state index in [4.69, 9.17) is 10.00 Å². The first-order chi connectivity index (χ1) is 7.90. The van der Waals surface area contributed by atoms with Crippen molar-refractivity contribution in [2.24, 2.45) is 0 Å². The number of hydrogen-bond acceptors (Lipinski definition) is 4. The van der Waals surface area contributed by atoms with Crippen molar-refractivity contribution in [2.45, 2.75) is 37.6 Å². The summed E-state index contributed by atoms with van der Waals surface area (Å²) >= 11 is 0. The number of rotatable bonds is 3. The largest absolute Gasteiger partial charge is 0.381 e. The minimum atomic E-state index is 0.360. The molecule has 1 unspecified atom stereocenters. The molecule has 3 rings (SSSR count). The van der Waals surface area contributed by atoms with Crippen molar-refractivity contribution in [2.75, 3.05) is 13.2 Å². The summed E-state index contributed by atoms with van der Waals surface area (Å²) in [5.74, 6) is 0.388. The first-order valence-electron chi connectivity index (χ1n) is 5.79. The van der Waals surface area contributed by atoms with E-state index < -0.39 is 0 Å².